The largest absolute Gasteiger partial charge is 0.389 e. The Kier molecular flexibility index (Phi) is 7.01. The van der Waals surface area contributed by atoms with Gasteiger partial charge in [-0.15, -0.1) is 0 Å². The molecule has 6 heteroatoms. The number of anilines is 1. The molecule has 2 unspecified atom stereocenters. The highest BCUT2D eigenvalue weighted by Crippen LogP contribution is 2.49. The number of aliphatic hydroxyl groups excluding tert-OH is 1. The van der Waals surface area contributed by atoms with Gasteiger partial charge in [-0.1, -0.05) is 13.8 Å². The van der Waals surface area contributed by atoms with Crippen molar-refractivity contribution in [1.29, 1.82) is 0 Å². The lowest BCUT2D eigenvalue weighted by molar-refractivity contribution is 0.0103. The first kappa shape index (κ1) is 22.7. The lowest BCUT2D eigenvalue weighted by Crippen LogP contribution is -2.61. The summed E-state index contributed by atoms with van der Waals surface area (Å²) >= 11 is 0. The number of likely N-dealkylation sites (tertiary alicyclic amines) is 1. The van der Waals surface area contributed by atoms with Crippen LogP contribution in [0.15, 0.2) is 18.2 Å². The Labute approximate surface area is 186 Å². The first-order chi connectivity index (χ1) is 14.9. The molecule has 0 radical (unpaired) electrons. The zero-order valence-electron chi connectivity index (χ0n) is 19.2. The van der Waals surface area contributed by atoms with Crippen LogP contribution in [0.3, 0.4) is 0 Å². The SMILES string of the molecule is CCOCCOCC(O)CNc1ccc2c(c1)[C@]1(C)CCN(CC3CC3)C(C2=O)[C@@H]1C. The van der Waals surface area contributed by atoms with E-state index in [0.29, 0.717) is 32.3 Å². The van der Waals surface area contributed by atoms with Gasteiger partial charge in [0.05, 0.1) is 32.0 Å². The van der Waals surface area contributed by atoms with Gasteiger partial charge in [0.25, 0.3) is 0 Å². The number of aliphatic hydroxyl groups is 1. The smallest absolute Gasteiger partial charge is 0.180 e. The molecule has 1 aromatic carbocycles. The van der Waals surface area contributed by atoms with E-state index >= 15 is 0 Å². The lowest BCUT2D eigenvalue weighted by atomic mass is 9.58. The normalized spacial score (nSPS) is 29.0. The fourth-order valence-corrected chi connectivity index (χ4v) is 5.29. The molecule has 172 valence electrons. The Balaban J connectivity index is 1.41. The van der Waals surface area contributed by atoms with Gasteiger partial charge in [-0.05, 0) is 73.7 Å². The van der Waals surface area contributed by atoms with Gasteiger partial charge in [0.1, 0.15) is 0 Å². The number of hydrogen-bond donors (Lipinski definition) is 2. The molecule has 2 N–H and O–H groups in total. The molecule has 1 saturated heterocycles. The minimum Gasteiger partial charge on any atom is -0.389 e. The average molecular weight is 431 g/mol. The molecule has 1 aromatic rings. The van der Waals surface area contributed by atoms with Crippen molar-refractivity contribution in [3.8, 4) is 0 Å². The molecular formula is C25H38N2O4. The van der Waals surface area contributed by atoms with Gasteiger partial charge in [0.15, 0.2) is 5.78 Å². The summed E-state index contributed by atoms with van der Waals surface area (Å²) in [5.74, 6) is 1.39. The van der Waals surface area contributed by atoms with Crippen LogP contribution in [0, 0.1) is 11.8 Å². The Morgan fingerprint density at radius 1 is 1.29 bits per heavy atom. The summed E-state index contributed by atoms with van der Waals surface area (Å²) in [6, 6.07) is 6.11. The number of benzene rings is 1. The Hall–Kier alpha value is -1.47. The molecule has 2 bridgehead atoms. The molecule has 0 aromatic heterocycles. The fraction of sp³-hybridized carbons (Fsp3) is 0.720. The molecule has 3 aliphatic rings. The summed E-state index contributed by atoms with van der Waals surface area (Å²) in [5.41, 5.74) is 3.01. The van der Waals surface area contributed by atoms with Crippen molar-refractivity contribution in [3.63, 3.8) is 0 Å². The monoisotopic (exact) mass is 430 g/mol. The van der Waals surface area contributed by atoms with Crippen molar-refractivity contribution in [3.05, 3.63) is 29.3 Å². The van der Waals surface area contributed by atoms with E-state index in [0.717, 1.165) is 36.7 Å². The number of Topliss-reactive ketones (excluding diaryl/α,β-unsaturated/α-hetero) is 1. The number of rotatable bonds is 11. The number of carbonyl (C=O) groups is 1. The van der Waals surface area contributed by atoms with Crippen LogP contribution in [-0.2, 0) is 14.9 Å². The number of ether oxygens (including phenoxy) is 2. The second-order valence-electron chi connectivity index (χ2n) is 9.77. The van der Waals surface area contributed by atoms with E-state index in [9.17, 15) is 9.90 Å². The zero-order valence-corrected chi connectivity index (χ0v) is 19.2. The van der Waals surface area contributed by atoms with Gasteiger partial charge in [0, 0.05) is 30.9 Å². The van der Waals surface area contributed by atoms with Crippen LogP contribution in [0.5, 0.6) is 0 Å². The molecule has 4 rings (SSSR count). The third-order valence-corrected chi connectivity index (χ3v) is 7.58. The van der Waals surface area contributed by atoms with E-state index in [1.807, 2.05) is 19.1 Å². The highest BCUT2D eigenvalue weighted by molar-refractivity contribution is 6.04. The summed E-state index contributed by atoms with van der Waals surface area (Å²) in [5, 5.41) is 13.5. The van der Waals surface area contributed by atoms with Gasteiger partial charge in [0.2, 0.25) is 0 Å². The van der Waals surface area contributed by atoms with E-state index < -0.39 is 6.10 Å². The minimum atomic E-state index is -0.594. The first-order valence-electron chi connectivity index (χ1n) is 11.9. The summed E-state index contributed by atoms with van der Waals surface area (Å²) < 4.78 is 10.7. The van der Waals surface area contributed by atoms with Crippen LogP contribution in [0.2, 0.25) is 0 Å². The zero-order chi connectivity index (χ0) is 22.0. The molecule has 6 nitrogen and oxygen atoms in total. The number of fused-ring (bicyclic) bond motifs is 4. The van der Waals surface area contributed by atoms with Crippen LogP contribution in [-0.4, -0.2) is 74.0 Å². The van der Waals surface area contributed by atoms with Crippen LogP contribution in [0.4, 0.5) is 5.69 Å². The molecule has 4 atom stereocenters. The minimum absolute atomic E-state index is 0.00660. The molecule has 0 spiro atoms. The van der Waals surface area contributed by atoms with Gasteiger partial charge >= 0.3 is 0 Å². The maximum atomic E-state index is 13.4. The lowest BCUT2D eigenvalue weighted by Gasteiger charge is -2.53. The number of piperidine rings is 1. The van der Waals surface area contributed by atoms with E-state index in [2.05, 4.69) is 30.1 Å². The van der Waals surface area contributed by atoms with Gasteiger partial charge in [-0.3, -0.25) is 9.69 Å². The van der Waals surface area contributed by atoms with Gasteiger partial charge in [-0.2, -0.15) is 0 Å². The van der Waals surface area contributed by atoms with Gasteiger partial charge in [-0.25, -0.2) is 0 Å². The maximum absolute atomic E-state index is 13.4. The first-order valence-corrected chi connectivity index (χ1v) is 11.9. The van der Waals surface area contributed by atoms with Crippen LogP contribution in [0.25, 0.3) is 0 Å². The third-order valence-electron chi connectivity index (χ3n) is 7.58. The summed E-state index contributed by atoms with van der Waals surface area (Å²) in [6.45, 7) is 11.0. The standard InChI is InChI=1S/C25H38N2O4/c1-4-30-11-12-31-16-20(28)14-26-19-7-8-21-22(13-19)25(3)9-10-27(15-18-5-6-18)23(17(25)2)24(21)29/h7-8,13,17-18,20,23,26,28H,4-6,9-12,14-16H2,1-3H3/t17-,20?,23?,25+/m0/s1. The number of ketones is 1. The second kappa shape index (κ2) is 9.57. The molecule has 1 heterocycles. The van der Waals surface area contributed by atoms with Crippen molar-refractivity contribution >= 4 is 11.5 Å². The number of nitrogens with zero attached hydrogens (tertiary/aromatic N) is 1. The Bertz CT molecular complexity index is 781. The Morgan fingerprint density at radius 3 is 2.81 bits per heavy atom. The maximum Gasteiger partial charge on any atom is 0.180 e. The van der Waals surface area contributed by atoms with Crippen molar-refractivity contribution in [1.82, 2.24) is 4.90 Å². The van der Waals surface area contributed by atoms with Crippen LogP contribution in [0.1, 0.15) is 56.0 Å². The fourth-order valence-electron chi connectivity index (χ4n) is 5.29. The summed E-state index contributed by atoms with van der Waals surface area (Å²) in [4.78, 5) is 15.9. The van der Waals surface area contributed by atoms with E-state index in [1.165, 1.54) is 18.4 Å². The number of hydrogen-bond acceptors (Lipinski definition) is 6. The molecule has 0 amide bonds. The van der Waals surface area contributed by atoms with E-state index in [4.69, 9.17) is 9.47 Å². The molecule has 2 aliphatic carbocycles. The van der Waals surface area contributed by atoms with Crippen molar-refractivity contribution in [2.45, 2.75) is 57.6 Å². The highest BCUT2D eigenvalue weighted by atomic mass is 16.5. The summed E-state index contributed by atoms with van der Waals surface area (Å²) in [7, 11) is 0. The van der Waals surface area contributed by atoms with Crippen LogP contribution >= 0.6 is 0 Å². The molecule has 1 aliphatic heterocycles. The Morgan fingerprint density at radius 2 is 2.06 bits per heavy atom. The third kappa shape index (κ3) is 4.82. The van der Waals surface area contributed by atoms with Crippen molar-refractivity contribution in [2.24, 2.45) is 11.8 Å². The topological polar surface area (TPSA) is 71.0 Å². The predicted octanol–water partition coefficient (Wildman–Crippen LogP) is 3.09. The number of nitrogens with one attached hydrogen (secondary N) is 1. The van der Waals surface area contributed by atoms with Crippen molar-refractivity contribution in [2.75, 3.05) is 51.4 Å². The molecule has 31 heavy (non-hydrogen) atoms. The second-order valence-corrected chi connectivity index (χ2v) is 9.77. The molecular weight excluding hydrogens is 392 g/mol. The van der Waals surface area contributed by atoms with E-state index in [1.54, 1.807) is 0 Å². The van der Waals surface area contributed by atoms with E-state index in [-0.39, 0.29) is 23.8 Å². The van der Waals surface area contributed by atoms with Crippen molar-refractivity contribution < 1.29 is 19.4 Å². The average Bonchev–Trinajstić information content (AvgIpc) is 3.58. The summed E-state index contributed by atoms with van der Waals surface area (Å²) in [6.07, 6.45) is 3.12. The quantitative estimate of drug-likeness (QED) is 0.526. The molecule has 1 saturated carbocycles. The predicted molar refractivity (Wildman–Crippen MR) is 122 cm³/mol. The highest BCUT2D eigenvalue weighted by Gasteiger charge is 2.52. The number of carbonyl (C=O) groups excluding carboxylic acids is 1. The van der Waals surface area contributed by atoms with Gasteiger partial charge < -0.3 is 19.9 Å². The molecule has 2 fully saturated rings. The van der Waals surface area contributed by atoms with Crippen LogP contribution < -0.4 is 5.32 Å².